The highest BCUT2D eigenvalue weighted by Gasteiger charge is 2.20. The SMILES string of the molecule is Cc1ncc(CO)c(CNC2CCOC(C)C2)c1O. The second kappa shape index (κ2) is 6.32. The number of ether oxygens (including phenoxy) is 1. The summed E-state index contributed by atoms with van der Waals surface area (Å²) in [5, 5.41) is 22.8. The van der Waals surface area contributed by atoms with Gasteiger partial charge >= 0.3 is 0 Å². The monoisotopic (exact) mass is 266 g/mol. The molecule has 0 amide bonds. The van der Waals surface area contributed by atoms with Gasteiger partial charge in [-0.05, 0) is 26.7 Å². The van der Waals surface area contributed by atoms with E-state index in [1.807, 2.05) is 0 Å². The number of hydrogen-bond acceptors (Lipinski definition) is 5. The van der Waals surface area contributed by atoms with Gasteiger partial charge in [-0.1, -0.05) is 0 Å². The van der Waals surface area contributed by atoms with E-state index >= 15 is 0 Å². The van der Waals surface area contributed by atoms with E-state index in [9.17, 15) is 10.2 Å². The number of pyridine rings is 1. The molecule has 2 rings (SSSR count). The van der Waals surface area contributed by atoms with Gasteiger partial charge in [-0.3, -0.25) is 4.98 Å². The molecule has 5 heteroatoms. The first kappa shape index (κ1) is 14.2. The molecular weight excluding hydrogens is 244 g/mol. The van der Waals surface area contributed by atoms with Crippen LogP contribution in [-0.2, 0) is 17.9 Å². The molecule has 1 aromatic heterocycles. The molecule has 1 aliphatic heterocycles. The number of aliphatic hydroxyl groups excluding tert-OH is 1. The summed E-state index contributed by atoms with van der Waals surface area (Å²) >= 11 is 0. The van der Waals surface area contributed by atoms with Crippen molar-refractivity contribution in [2.45, 2.75) is 52.0 Å². The topological polar surface area (TPSA) is 74.6 Å². The van der Waals surface area contributed by atoms with Gasteiger partial charge in [0.2, 0.25) is 0 Å². The van der Waals surface area contributed by atoms with Gasteiger partial charge in [0.15, 0.2) is 0 Å². The standard InChI is InChI=1S/C14H22N2O3/c1-9-5-12(3-4-19-9)16-7-13-11(8-17)6-15-10(2)14(13)18/h6,9,12,16-18H,3-5,7-8H2,1-2H3. The molecule has 1 saturated heterocycles. The Morgan fingerprint density at radius 1 is 1.53 bits per heavy atom. The fourth-order valence-electron chi connectivity index (χ4n) is 2.45. The molecule has 2 unspecified atom stereocenters. The number of aromatic nitrogens is 1. The molecule has 0 bridgehead atoms. The Balaban J connectivity index is 2.04. The van der Waals surface area contributed by atoms with Crippen LogP contribution in [0.2, 0.25) is 0 Å². The van der Waals surface area contributed by atoms with Gasteiger partial charge in [-0.15, -0.1) is 0 Å². The lowest BCUT2D eigenvalue weighted by Gasteiger charge is -2.28. The average molecular weight is 266 g/mol. The van der Waals surface area contributed by atoms with E-state index in [-0.39, 0.29) is 18.5 Å². The van der Waals surface area contributed by atoms with Crippen LogP contribution in [0.4, 0.5) is 0 Å². The van der Waals surface area contributed by atoms with Crippen LogP contribution < -0.4 is 5.32 Å². The summed E-state index contributed by atoms with van der Waals surface area (Å²) in [6.07, 6.45) is 3.85. The van der Waals surface area contributed by atoms with E-state index in [4.69, 9.17) is 4.74 Å². The van der Waals surface area contributed by atoms with Gasteiger partial charge in [0.25, 0.3) is 0 Å². The van der Waals surface area contributed by atoms with Crippen LogP contribution in [0.1, 0.15) is 36.6 Å². The van der Waals surface area contributed by atoms with Gasteiger partial charge in [-0.25, -0.2) is 0 Å². The Kier molecular flexibility index (Phi) is 4.74. The van der Waals surface area contributed by atoms with Crippen LogP contribution in [0.5, 0.6) is 5.75 Å². The van der Waals surface area contributed by atoms with E-state index in [0.29, 0.717) is 23.8 Å². The lowest BCUT2D eigenvalue weighted by atomic mass is 10.0. The van der Waals surface area contributed by atoms with Gasteiger partial charge in [0.1, 0.15) is 5.75 Å². The second-order valence-electron chi connectivity index (χ2n) is 5.14. The van der Waals surface area contributed by atoms with Crippen molar-refractivity contribution in [1.29, 1.82) is 0 Å². The molecular formula is C14H22N2O3. The van der Waals surface area contributed by atoms with Crippen LogP contribution in [0.25, 0.3) is 0 Å². The average Bonchev–Trinajstić information content (AvgIpc) is 2.40. The minimum Gasteiger partial charge on any atom is -0.506 e. The number of aliphatic hydroxyl groups is 1. The van der Waals surface area contributed by atoms with E-state index in [1.54, 1.807) is 13.1 Å². The van der Waals surface area contributed by atoms with Gasteiger partial charge < -0.3 is 20.3 Å². The first-order valence-corrected chi connectivity index (χ1v) is 6.74. The first-order chi connectivity index (χ1) is 9.11. The normalized spacial score (nSPS) is 23.5. The second-order valence-corrected chi connectivity index (χ2v) is 5.14. The van der Waals surface area contributed by atoms with Crippen molar-refractivity contribution in [2.24, 2.45) is 0 Å². The third kappa shape index (κ3) is 3.43. The number of rotatable bonds is 4. The van der Waals surface area contributed by atoms with Crippen LogP contribution in [0.3, 0.4) is 0 Å². The summed E-state index contributed by atoms with van der Waals surface area (Å²) in [4.78, 5) is 4.06. The van der Waals surface area contributed by atoms with E-state index in [2.05, 4.69) is 17.2 Å². The molecule has 0 spiro atoms. The molecule has 5 nitrogen and oxygen atoms in total. The van der Waals surface area contributed by atoms with Crippen molar-refractivity contribution in [2.75, 3.05) is 6.61 Å². The maximum Gasteiger partial charge on any atom is 0.141 e. The Morgan fingerprint density at radius 2 is 2.32 bits per heavy atom. The molecule has 0 aliphatic carbocycles. The highest BCUT2D eigenvalue weighted by Crippen LogP contribution is 2.24. The fraction of sp³-hybridized carbons (Fsp3) is 0.643. The van der Waals surface area contributed by atoms with E-state index in [1.165, 1.54) is 0 Å². The van der Waals surface area contributed by atoms with Crippen molar-refractivity contribution in [3.63, 3.8) is 0 Å². The summed E-state index contributed by atoms with van der Waals surface area (Å²) in [6.45, 7) is 5.04. The van der Waals surface area contributed by atoms with Crippen LogP contribution in [0, 0.1) is 6.92 Å². The molecule has 1 aromatic rings. The number of hydrogen-bond donors (Lipinski definition) is 3. The van der Waals surface area contributed by atoms with Crippen LogP contribution in [-0.4, -0.2) is 33.9 Å². The lowest BCUT2D eigenvalue weighted by molar-refractivity contribution is 0.0130. The van der Waals surface area contributed by atoms with Crippen molar-refractivity contribution >= 4 is 0 Å². The predicted octanol–water partition coefficient (Wildman–Crippen LogP) is 1.25. The maximum absolute atomic E-state index is 10.1. The molecule has 19 heavy (non-hydrogen) atoms. The van der Waals surface area contributed by atoms with Crippen molar-refractivity contribution in [1.82, 2.24) is 10.3 Å². The molecule has 2 heterocycles. The van der Waals surface area contributed by atoms with E-state index in [0.717, 1.165) is 25.0 Å². The van der Waals surface area contributed by atoms with Crippen molar-refractivity contribution in [3.05, 3.63) is 23.0 Å². The van der Waals surface area contributed by atoms with Gasteiger partial charge in [0, 0.05) is 36.5 Å². The number of nitrogens with zero attached hydrogens (tertiary/aromatic N) is 1. The zero-order chi connectivity index (χ0) is 13.8. The van der Waals surface area contributed by atoms with Crippen LogP contribution >= 0.6 is 0 Å². The summed E-state index contributed by atoms with van der Waals surface area (Å²) in [5.41, 5.74) is 2.01. The molecule has 0 aromatic carbocycles. The molecule has 106 valence electrons. The van der Waals surface area contributed by atoms with Gasteiger partial charge in [-0.2, -0.15) is 0 Å². The number of aromatic hydroxyl groups is 1. The van der Waals surface area contributed by atoms with Crippen molar-refractivity contribution < 1.29 is 14.9 Å². The smallest absolute Gasteiger partial charge is 0.141 e. The van der Waals surface area contributed by atoms with Crippen molar-refractivity contribution in [3.8, 4) is 5.75 Å². The molecule has 0 saturated carbocycles. The number of nitrogens with one attached hydrogen (secondary N) is 1. The minimum atomic E-state index is -0.109. The van der Waals surface area contributed by atoms with E-state index < -0.39 is 0 Å². The summed E-state index contributed by atoms with van der Waals surface area (Å²) in [5.74, 6) is 0.180. The summed E-state index contributed by atoms with van der Waals surface area (Å²) in [7, 11) is 0. The Labute approximate surface area is 113 Å². The molecule has 1 fully saturated rings. The Morgan fingerprint density at radius 3 is 3.00 bits per heavy atom. The molecule has 1 aliphatic rings. The minimum absolute atomic E-state index is 0.109. The summed E-state index contributed by atoms with van der Waals surface area (Å²) < 4.78 is 5.51. The van der Waals surface area contributed by atoms with Crippen LogP contribution in [0.15, 0.2) is 6.20 Å². The zero-order valence-electron chi connectivity index (χ0n) is 11.5. The highest BCUT2D eigenvalue weighted by molar-refractivity contribution is 5.40. The number of aryl methyl sites for hydroxylation is 1. The molecule has 3 N–H and O–H groups in total. The third-order valence-electron chi connectivity index (χ3n) is 3.65. The first-order valence-electron chi connectivity index (χ1n) is 6.74. The zero-order valence-corrected chi connectivity index (χ0v) is 11.5. The fourth-order valence-corrected chi connectivity index (χ4v) is 2.45. The predicted molar refractivity (Wildman–Crippen MR) is 71.8 cm³/mol. The Hall–Kier alpha value is -1.17. The largest absolute Gasteiger partial charge is 0.506 e. The molecule has 2 atom stereocenters. The lowest BCUT2D eigenvalue weighted by Crippen LogP contribution is -2.37. The Bertz CT molecular complexity index is 437. The molecule has 0 radical (unpaired) electrons. The highest BCUT2D eigenvalue weighted by atomic mass is 16.5. The third-order valence-corrected chi connectivity index (χ3v) is 3.65. The van der Waals surface area contributed by atoms with Gasteiger partial charge in [0.05, 0.1) is 18.4 Å². The maximum atomic E-state index is 10.1. The quantitative estimate of drug-likeness (QED) is 0.764. The summed E-state index contributed by atoms with van der Waals surface area (Å²) in [6, 6.07) is 0.392.